The molecule has 0 fully saturated rings. The maximum Gasteiger partial charge on any atom is 0.164 e. The molecule has 7 rings (SSSR count). The number of rotatable bonds is 2. The van der Waals surface area contributed by atoms with Gasteiger partial charge in [-0.3, -0.25) is 0 Å². The van der Waals surface area contributed by atoms with E-state index in [0.717, 1.165) is 45.3 Å². The molecular formula is C33H26O4. The van der Waals surface area contributed by atoms with Crippen LogP contribution in [0, 0.1) is 0 Å². The lowest BCUT2D eigenvalue weighted by Gasteiger charge is -2.49. The number of hydrogen-bond donors (Lipinski definition) is 0. The fourth-order valence-corrected chi connectivity index (χ4v) is 5.93. The second-order valence-corrected chi connectivity index (χ2v) is 9.79. The van der Waals surface area contributed by atoms with Gasteiger partial charge in [-0.15, -0.1) is 0 Å². The first kappa shape index (κ1) is 21.8. The minimum absolute atomic E-state index is 0.543. The van der Waals surface area contributed by atoms with Gasteiger partial charge in [0, 0.05) is 29.2 Å². The highest BCUT2D eigenvalue weighted by atomic mass is 16.5. The average Bonchev–Trinajstić information content (AvgIpc) is 2.93. The molecule has 0 unspecified atom stereocenters. The van der Waals surface area contributed by atoms with Gasteiger partial charge in [-0.2, -0.15) is 0 Å². The molecule has 37 heavy (non-hydrogen) atoms. The standard InChI is InChI=1S/C33H26O4/c1-22-19-32(36-28-16-8-3-11-23(22)28)21-33(37-30-18-10-6-14-26(30)32)20-31(24-12-4-7-15-27(24)34-2)35-29-17-9-5-13-25(29)33/h3-20H,21H2,1-2H3/t32-,33+/m1/s1. The van der Waals surface area contributed by atoms with Crippen molar-refractivity contribution >= 4 is 11.3 Å². The van der Waals surface area contributed by atoms with Crippen molar-refractivity contribution in [3.05, 3.63) is 131 Å². The highest BCUT2D eigenvalue weighted by molar-refractivity contribution is 5.75. The Balaban J connectivity index is 1.48. The molecule has 4 heteroatoms. The van der Waals surface area contributed by atoms with E-state index in [2.05, 4.69) is 37.3 Å². The topological polar surface area (TPSA) is 36.9 Å². The number of para-hydroxylation sites is 4. The third-order valence-corrected chi connectivity index (χ3v) is 7.51. The molecule has 0 aliphatic carbocycles. The first-order chi connectivity index (χ1) is 18.1. The number of fused-ring (bicyclic) bond motifs is 5. The Kier molecular flexibility index (Phi) is 4.74. The van der Waals surface area contributed by atoms with Crippen LogP contribution in [0.25, 0.3) is 11.3 Å². The maximum absolute atomic E-state index is 6.96. The Hall–Kier alpha value is -4.44. The molecule has 3 aliphatic heterocycles. The van der Waals surface area contributed by atoms with Gasteiger partial charge in [0.2, 0.25) is 0 Å². The lowest BCUT2D eigenvalue weighted by Crippen LogP contribution is -2.49. The fourth-order valence-electron chi connectivity index (χ4n) is 5.93. The first-order valence-corrected chi connectivity index (χ1v) is 12.5. The third-order valence-electron chi connectivity index (χ3n) is 7.51. The van der Waals surface area contributed by atoms with Crippen LogP contribution in [0.2, 0.25) is 0 Å². The molecule has 4 aromatic rings. The van der Waals surface area contributed by atoms with Gasteiger partial charge in [-0.25, -0.2) is 0 Å². The van der Waals surface area contributed by atoms with Gasteiger partial charge in [-0.05, 0) is 48.9 Å². The van der Waals surface area contributed by atoms with Crippen LogP contribution >= 0.6 is 0 Å². The maximum atomic E-state index is 6.96. The minimum Gasteiger partial charge on any atom is -0.496 e. The number of benzene rings is 4. The number of hydrogen-bond acceptors (Lipinski definition) is 4. The number of ether oxygens (including phenoxy) is 4. The Labute approximate surface area is 216 Å². The van der Waals surface area contributed by atoms with Gasteiger partial charge in [0.25, 0.3) is 0 Å². The molecule has 4 nitrogen and oxygen atoms in total. The van der Waals surface area contributed by atoms with Crippen LogP contribution in [0.15, 0.2) is 109 Å². The zero-order valence-electron chi connectivity index (χ0n) is 20.7. The van der Waals surface area contributed by atoms with Crippen molar-refractivity contribution < 1.29 is 18.9 Å². The van der Waals surface area contributed by atoms with Crippen molar-refractivity contribution in [3.8, 4) is 23.0 Å². The van der Waals surface area contributed by atoms with Gasteiger partial charge in [0.05, 0.1) is 12.7 Å². The van der Waals surface area contributed by atoms with Crippen molar-refractivity contribution in [1.82, 2.24) is 0 Å². The third kappa shape index (κ3) is 3.29. The van der Waals surface area contributed by atoms with Crippen LogP contribution in [0.3, 0.4) is 0 Å². The first-order valence-electron chi connectivity index (χ1n) is 12.5. The highest BCUT2D eigenvalue weighted by Crippen LogP contribution is 2.57. The molecule has 0 amide bonds. The number of methoxy groups -OCH3 is 1. The Morgan fingerprint density at radius 3 is 1.97 bits per heavy atom. The van der Waals surface area contributed by atoms with E-state index in [0.29, 0.717) is 12.2 Å². The summed E-state index contributed by atoms with van der Waals surface area (Å²) < 4.78 is 26.1. The highest BCUT2D eigenvalue weighted by Gasteiger charge is 2.54. The predicted octanol–water partition coefficient (Wildman–Crippen LogP) is 7.50. The normalized spacial score (nSPS) is 22.9. The lowest BCUT2D eigenvalue weighted by molar-refractivity contribution is -0.0194. The number of allylic oxidation sites excluding steroid dienone is 1. The monoisotopic (exact) mass is 486 g/mol. The molecule has 0 bridgehead atoms. The summed E-state index contributed by atoms with van der Waals surface area (Å²) in [7, 11) is 1.68. The summed E-state index contributed by atoms with van der Waals surface area (Å²) in [6, 6.07) is 32.4. The Morgan fingerprint density at radius 2 is 1.19 bits per heavy atom. The Bertz CT molecular complexity index is 1600. The van der Waals surface area contributed by atoms with Crippen molar-refractivity contribution in [3.63, 3.8) is 0 Å². The van der Waals surface area contributed by atoms with Gasteiger partial charge in [0.1, 0.15) is 28.8 Å². The van der Waals surface area contributed by atoms with E-state index in [9.17, 15) is 0 Å². The molecule has 4 aromatic carbocycles. The van der Waals surface area contributed by atoms with Crippen molar-refractivity contribution in [2.45, 2.75) is 24.5 Å². The molecule has 0 N–H and O–H groups in total. The van der Waals surface area contributed by atoms with E-state index in [4.69, 9.17) is 18.9 Å². The van der Waals surface area contributed by atoms with E-state index < -0.39 is 11.2 Å². The summed E-state index contributed by atoms with van der Waals surface area (Å²) in [6.45, 7) is 2.15. The minimum atomic E-state index is -0.831. The summed E-state index contributed by atoms with van der Waals surface area (Å²) >= 11 is 0. The summed E-state index contributed by atoms with van der Waals surface area (Å²) in [4.78, 5) is 0. The zero-order chi connectivity index (χ0) is 25.0. The van der Waals surface area contributed by atoms with E-state index in [1.807, 2.05) is 78.9 Å². The fraction of sp³-hybridized carbons (Fsp3) is 0.152. The van der Waals surface area contributed by atoms with E-state index in [1.54, 1.807) is 7.11 Å². The van der Waals surface area contributed by atoms with Crippen LogP contribution < -0.4 is 18.9 Å². The summed E-state index contributed by atoms with van der Waals surface area (Å²) in [5, 5.41) is 0. The Morgan fingerprint density at radius 1 is 0.622 bits per heavy atom. The molecule has 182 valence electrons. The van der Waals surface area contributed by atoms with E-state index >= 15 is 0 Å². The summed E-state index contributed by atoms with van der Waals surface area (Å²) in [5.41, 5.74) is 3.60. The summed E-state index contributed by atoms with van der Waals surface area (Å²) in [6.07, 6.45) is 4.90. The van der Waals surface area contributed by atoms with Crippen LogP contribution in [-0.4, -0.2) is 7.11 Å². The second-order valence-electron chi connectivity index (χ2n) is 9.79. The average molecular weight is 487 g/mol. The van der Waals surface area contributed by atoms with Gasteiger partial charge >= 0.3 is 0 Å². The van der Waals surface area contributed by atoms with Gasteiger partial charge in [-0.1, -0.05) is 66.7 Å². The molecule has 0 saturated carbocycles. The second kappa shape index (κ2) is 8.04. The smallest absolute Gasteiger partial charge is 0.164 e. The van der Waals surface area contributed by atoms with Gasteiger partial charge in [0.15, 0.2) is 11.2 Å². The van der Waals surface area contributed by atoms with E-state index in [-0.39, 0.29) is 0 Å². The van der Waals surface area contributed by atoms with Crippen molar-refractivity contribution in [1.29, 1.82) is 0 Å². The molecular weight excluding hydrogens is 460 g/mol. The SMILES string of the molecule is COc1ccccc1C1=C[C@]2(C[C@]3(C=C(C)c4ccccc4O3)c3ccccc3O2)c2ccccc2O1. The van der Waals surface area contributed by atoms with Gasteiger partial charge < -0.3 is 18.9 Å². The molecule has 0 aromatic heterocycles. The molecule has 3 aliphatic rings. The molecule has 2 spiro atoms. The molecule has 2 atom stereocenters. The molecule has 3 heterocycles. The molecule has 0 saturated heterocycles. The zero-order valence-corrected chi connectivity index (χ0v) is 20.7. The predicted molar refractivity (Wildman–Crippen MR) is 144 cm³/mol. The van der Waals surface area contributed by atoms with Crippen LogP contribution in [0.5, 0.6) is 23.0 Å². The van der Waals surface area contributed by atoms with Crippen LogP contribution in [0.1, 0.15) is 35.6 Å². The van der Waals surface area contributed by atoms with E-state index in [1.165, 1.54) is 5.57 Å². The summed E-state index contributed by atoms with van der Waals surface area (Å²) in [5.74, 6) is 3.88. The largest absolute Gasteiger partial charge is 0.496 e. The lowest BCUT2D eigenvalue weighted by atomic mass is 9.72. The van der Waals surface area contributed by atoms with Crippen LogP contribution in [-0.2, 0) is 11.2 Å². The van der Waals surface area contributed by atoms with Crippen LogP contribution in [0.4, 0.5) is 0 Å². The molecule has 0 radical (unpaired) electrons. The van der Waals surface area contributed by atoms with Crippen molar-refractivity contribution in [2.75, 3.05) is 7.11 Å². The quantitative estimate of drug-likeness (QED) is 0.294. The van der Waals surface area contributed by atoms with Crippen molar-refractivity contribution in [2.24, 2.45) is 0 Å².